The molecule has 1 heterocycles. The highest BCUT2D eigenvalue weighted by Crippen LogP contribution is 2.33. The summed E-state index contributed by atoms with van der Waals surface area (Å²) in [5.74, 6) is -2.53. The Morgan fingerprint density at radius 1 is 1.27 bits per heavy atom. The van der Waals surface area contributed by atoms with E-state index in [0.29, 0.717) is 16.5 Å². The van der Waals surface area contributed by atoms with Crippen LogP contribution in [0.15, 0.2) is 28.5 Å². The maximum absolute atomic E-state index is 13.4. The third kappa shape index (κ3) is 4.46. The smallest absolute Gasteiger partial charge is 0.212 e. The molecule has 0 saturated heterocycles. The van der Waals surface area contributed by atoms with Gasteiger partial charge in [0.25, 0.3) is 0 Å². The van der Waals surface area contributed by atoms with Crippen molar-refractivity contribution in [1.29, 1.82) is 0 Å². The Bertz CT molecular complexity index is 819. The zero-order chi connectivity index (χ0) is 18.5. The van der Waals surface area contributed by atoms with Crippen molar-refractivity contribution in [3.63, 3.8) is 0 Å². The molecule has 0 unspecified atom stereocenters. The normalized spacial score (nSPS) is 15.6. The first-order chi connectivity index (χ1) is 12.5. The van der Waals surface area contributed by atoms with Crippen molar-refractivity contribution >= 4 is 23.9 Å². The zero-order valence-corrected chi connectivity index (χ0v) is 14.7. The summed E-state index contributed by atoms with van der Waals surface area (Å²) >= 11 is 0.960. The van der Waals surface area contributed by atoms with Gasteiger partial charge < -0.3 is 9.90 Å². The first-order valence-electron chi connectivity index (χ1n) is 8.32. The average molecular weight is 379 g/mol. The molecule has 0 spiro atoms. The Labute approximate surface area is 153 Å². The molecule has 0 N–H and O–H groups in total. The maximum Gasteiger partial charge on any atom is 0.212 e. The minimum atomic E-state index is -1.21. The molecule has 26 heavy (non-hydrogen) atoms. The molecular weight excluding hydrogens is 362 g/mol. The lowest BCUT2D eigenvalue weighted by atomic mass is 9.89. The Hall–Kier alpha value is -2.29. The van der Waals surface area contributed by atoms with E-state index >= 15 is 0 Å². The van der Waals surface area contributed by atoms with E-state index in [1.165, 1.54) is 23.4 Å². The predicted molar refractivity (Wildman–Crippen MR) is 90.9 cm³/mol. The molecule has 0 aliphatic heterocycles. The SMILES string of the molecule is O=C([O-])CSc1nnc(C2CCCCC2)n1/N=C\c1ccc(F)c(F)c1. The van der Waals surface area contributed by atoms with Crippen LogP contribution < -0.4 is 5.11 Å². The van der Waals surface area contributed by atoms with Gasteiger partial charge in [0.1, 0.15) is 0 Å². The molecule has 9 heteroatoms. The second-order valence-electron chi connectivity index (χ2n) is 6.07. The summed E-state index contributed by atoms with van der Waals surface area (Å²) in [4.78, 5) is 10.7. The molecule has 2 aromatic rings. The van der Waals surface area contributed by atoms with Gasteiger partial charge in [-0.05, 0) is 30.5 Å². The third-order valence-corrected chi connectivity index (χ3v) is 5.08. The summed E-state index contributed by atoms with van der Waals surface area (Å²) in [6.45, 7) is 0. The van der Waals surface area contributed by atoms with E-state index in [9.17, 15) is 18.7 Å². The molecule has 0 atom stereocenters. The molecule has 1 fully saturated rings. The molecule has 1 aromatic carbocycles. The van der Waals surface area contributed by atoms with Crippen molar-refractivity contribution in [3.8, 4) is 0 Å². The first kappa shape index (κ1) is 18.5. The largest absolute Gasteiger partial charge is 0.549 e. The molecule has 1 aromatic heterocycles. The summed E-state index contributed by atoms with van der Waals surface area (Å²) in [5.41, 5.74) is 0.378. The van der Waals surface area contributed by atoms with Gasteiger partial charge in [-0.1, -0.05) is 37.1 Å². The number of hydrogen-bond acceptors (Lipinski definition) is 6. The third-order valence-electron chi connectivity index (χ3n) is 4.19. The molecule has 1 aliphatic rings. The van der Waals surface area contributed by atoms with E-state index < -0.39 is 17.6 Å². The second kappa shape index (κ2) is 8.39. The van der Waals surface area contributed by atoms with Crippen molar-refractivity contribution < 1.29 is 18.7 Å². The van der Waals surface area contributed by atoms with Gasteiger partial charge in [0.2, 0.25) is 5.16 Å². The summed E-state index contributed by atoms with van der Waals surface area (Å²) in [5, 5.41) is 23.6. The lowest BCUT2D eigenvalue weighted by Gasteiger charge is -2.20. The van der Waals surface area contributed by atoms with Gasteiger partial charge >= 0.3 is 0 Å². The molecule has 1 saturated carbocycles. The highest BCUT2D eigenvalue weighted by atomic mass is 32.2. The van der Waals surface area contributed by atoms with Crippen LogP contribution in [0.25, 0.3) is 0 Å². The Morgan fingerprint density at radius 2 is 2.04 bits per heavy atom. The Kier molecular flexibility index (Phi) is 5.97. The summed E-state index contributed by atoms with van der Waals surface area (Å²) < 4.78 is 27.9. The zero-order valence-electron chi connectivity index (χ0n) is 13.9. The number of carbonyl (C=O) groups is 1. The highest BCUT2D eigenvalue weighted by molar-refractivity contribution is 7.99. The van der Waals surface area contributed by atoms with Crippen LogP contribution in [0.2, 0.25) is 0 Å². The van der Waals surface area contributed by atoms with Crippen LogP contribution in [-0.2, 0) is 4.79 Å². The van der Waals surface area contributed by atoms with E-state index in [0.717, 1.165) is 49.6 Å². The van der Waals surface area contributed by atoms with Gasteiger partial charge in [0.05, 0.1) is 12.2 Å². The van der Waals surface area contributed by atoms with Crippen molar-refractivity contribution in [1.82, 2.24) is 14.9 Å². The van der Waals surface area contributed by atoms with Crippen molar-refractivity contribution in [2.75, 3.05) is 5.75 Å². The van der Waals surface area contributed by atoms with Crippen LogP contribution in [0.5, 0.6) is 0 Å². The van der Waals surface area contributed by atoms with Gasteiger partial charge in [0.15, 0.2) is 17.5 Å². The number of aliphatic carboxylic acids is 1. The van der Waals surface area contributed by atoms with E-state index in [1.54, 1.807) is 0 Å². The Balaban J connectivity index is 1.90. The molecule has 0 radical (unpaired) electrons. The minimum Gasteiger partial charge on any atom is -0.549 e. The van der Waals surface area contributed by atoms with Crippen LogP contribution in [0.3, 0.4) is 0 Å². The van der Waals surface area contributed by atoms with Crippen LogP contribution in [0, 0.1) is 11.6 Å². The minimum absolute atomic E-state index is 0.190. The van der Waals surface area contributed by atoms with Crippen LogP contribution in [0.1, 0.15) is 49.4 Å². The lowest BCUT2D eigenvalue weighted by molar-refractivity contribution is -0.301. The van der Waals surface area contributed by atoms with Gasteiger partial charge in [-0.25, -0.2) is 8.78 Å². The number of carboxylic acid groups (broad SMARTS) is 1. The summed E-state index contributed by atoms with van der Waals surface area (Å²) in [7, 11) is 0. The Morgan fingerprint density at radius 3 is 2.73 bits per heavy atom. The number of thioether (sulfide) groups is 1. The highest BCUT2D eigenvalue weighted by Gasteiger charge is 2.23. The number of halogens is 2. The fourth-order valence-corrected chi connectivity index (χ4v) is 3.54. The molecule has 1 aliphatic carbocycles. The van der Waals surface area contributed by atoms with Crippen molar-refractivity contribution in [2.45, 2.75) is 43.2 Å². The monoisotopic (exact) mass is 379 g/mol. The molecular formula is C17H17F2N4O2S-. The molecule has 0 amide bonds. The molecule has 3 rings (SSSR count). The summed E-state index contributed by atoms with van der Waals surface area (Å²) in [6.07, 6.45) is 6.65. The molecule has 0 bridgehead atoms. The topological polar surface area (TPSA) is 83.2 Å². The van der Waals surface area contributed by atoms with E-state index in [-0.39, 0.29) is 11.7 Å². The standard InChI is InChI=1S/C17H18F2N4O2S/c18-13-7-6-11(8-14(13)19)9-20-23-16(12-4-2-1-3-5-12)21-22-17(23)26-10-15(24)25/h6-9,12H,1-5,10H2,(H,24,25)/p-1/b20-9-. The van der Waals surface area contributed by atoms with E-state index in [4.69, 9.17) is 0 Å². The first-order valence-corrected chi connectivity index (χ1v) is 9.30. The fraction of sp³-hybridized carbons (Fsp3) is 0.412. The number of rotatable bonds is 6. The average Bonchev–Trinajstić information content (AvgIpc) is 3.04. The lowest BCUT2D eigenvalue weighted by Crippen LogP contribution is -2.24. The number of nitrogens with zero attached hydrogens (tertiary/aromatic N) is 4. The summed E-state index contributed by atoms with van der Waals surface area (Å²) in [6, 6.07) is 3.47. The number of hydrogen-bond donors (Lipinski definition) is 0. The van der Waals surface area contributed by atoms with Gasteiger partial charge in [-0.3, -0.25) is 0 Å². The van der Waals surface area contributed by atoms with Crippen LogP contribution >= 0.6 is 11.8 Å². The predicted octanol–water partition coefficient (Wildman–Crippen LogP) is 2.33. The number of benzene rings is 1. The van der Waals surface area contributed by atoms with Gasteiger partial charge in [-0.2, -0.15) is 9.78 Å². The van der Waals surface area contributed by atoms with E-state index in [2.05, 4.69) is 15.3 Å². The van der Waals surface area contributed by atoms with Crippen molar-refractivity contribution in [2.24, 2.45) is 5.10 Å². The van der Waals surface area contributed by atoms with E-state index in [1.807, 2.05) is 0 Å². The second-order valence-corrected chi connectivity index (χ2v) is 7.01. The van der Waals surface area contributed by atoms with Gasteiger partial charge in [-0.15, -0.1) is 10.2 Å². The van der Waals surface area contributed by atoms with Crippen LogP contribution in [-0.4, -0.2) is 32.8 Å². The maximum atomic E-state index is 13.4. The number of aromatic nitrogens is 3. The van der Waals surface area contributed by atoms with Gasteiger partial charge in [0, 0.05) is 11.7 Å². The molecule has 6 nitrogen and oxygen atoms in total. The number of carbonyl (C=O) groups excluding carboxylic acids is 1. The van der Waals surface area contributed by atoms with Crippen molar-refractivity contribution in [3.05, 3.63) is 41.2 Å². The van der Waals surface area contributed by atoms with Crippen LogP contribution in [0.4, 0.5) is 8.78 Å². The number of carboxylic acids is 1. The quantitative estimate of drug-likeness (QED) is 0.568. The fourth-order valence-electron chi connectivity index (χ4n) is 2.93. The molecule has 138 valence electrons.